The summed E-state index contributed by atoms with van der Waals surface area (Å²) in [5, 5.41) is 4.61. The van der Waals surface area contributed by atoms with Gasteiger partial charge in [-0.3, -0.25) is 4.99 Å². The summed E-state index contributed by atoms with van der Waals surface area (Å²) in [5.41, 5.74) is 1.31. The van der Waals surface area contributed by atoms with Gasteiger partial charge in [-0.15, -0.1) is 0 Å². The molecule has 4 heteroatoms. The third kappa shape index (κ3) is 2.54. The average molecular weight is 262 g/mol. The fourth-order valence-electron chi connectivity index (χ4n) is 2.35. The van der Waals surface area contributed by atoms with Crippen molar-refractivity contribution in [3.63, 3.8) is 0 Å². The first-order chi connectivity index (χ1) is 8.85. The zero-order valence-electron chi connectivity index (χ0n) is 10.5. The zero-order chi connectivity index (χ0) is 12.4. The fourth-order valence-corrected chi connectivity index (χ4v) is 3.38. The summed E-state index contributed by atoms with van der Waals surface area (Å²) in [5.74, 6) is 1.05. The third-order valence-corrected chi connectivity index (χ3v) is 4.57. The van der Waals surface area contributed by atoms with Gasteiger partial charge in [-0.05, 0) is 18.4 Å². The van der Waals surface area contributed by atoms with Crippen molar-refractivity contribution in [3.05, 3.63) is 35.9 Å². The molecule has 2 aliphatic rings. The highest BCUT2D eigenvalue weighted by Gasteiger charge is 2.31. The summed E-state index contributed by atoms with van der Waals surface area (Å²) in [6, 6.07) is 11.4. The van der Waals surface area contributed by atoms with Gasteiger partial charge in [-0.2, -0.15) is 0 Å². The SMILES string of the molecule is COC1CC(NC2=NC(c3ccccc3)CS2)C1. The molecule has 1 unspecified atom stereocenters. The number of aliphatic imine (C=N–C) groups is 1. The van der Waals surface area contributed by atoms with Crippen molar-refractivity contribution in [2.75, 3.05) is 12.9 Å². The molecule has 18 heavy (non-hydrogen) atoms. The van der Waals surface area contributed by atoms with Crippen LogP contribution in [0.25, 0.3) is 0 Å². The van der Waals surface area contributed by atoms with E-state index in [-0.39, 0.29) is 0 Å². The van der Waals surface area contributed by atoms with Crippen molar-refractivity contribution in [2.24, 2.45) is 4.99 Å². The molecule has 0 aromatic heterocycles. The Morgan fingerprint density at radius 2 is 2.06 bits per heavy atom. The predicted molar refractivity (Wildman–Crippen MR) is 76.0 cm³/mol. The second kappa shape index (κ2) is 5.33. The van der Waals surface area contributed by atoms with E-state index in [1.165, 1.54) is 5.56 Å². The molecule has 1 aliphatic carbocycles. The molecular formula is C14H18N2OS. The van der Waals surface area contributed by atoms with E-state index in [0.717, 1.165) is 23.8 Å². The maximum Gasteiger partial charge on any atom is 0.157 e. The first-order valence-corrected chi connectivity index (χ1v) is 7.38. The van der Waals surface area contributed by atoms with E-state index in [0.29, 0.717) is 18.2 Å². The molecule has 1 saturated carbocycles. The van der Waals surface area contributed by atoms with Gasteiger partial charge in [0.2, 0.25) is 0 Å². The summed E-state index contributed by atoms with van der Waals surface area (Å²) in [6.07, 6.45) is 2.65. The topological polar surface area (TPSA) is 33.6 Å². The van der Waals surface area contributed by atoms with Gasteiger partial charge >= 0.3 is 0 Å². The number of rotatable bonds is 3. The molecule has 0 spiro atoms. The molecule has 3 nitrogen and oxygen atoms in total. The molecule has 1 atom stereocenters. The molecule has 0 bridgehead atoms. The minimum atomic E-state index is 0.317. The van der Waals surface area contributed by atoms with Gasteiger partial charge in [0.15, 0.2) is 5.17 Å². The quantitative estimate of drug-likeness (QED) is 0.909. The van der Waals surface area contributed by atoms with Crippen LogP contribution in [0.4, 0.5) is 0 Å². The maximum absolute atomic E-state index is 5.28. The van der Waals surface area contributed by atoms with E-state index >= 15 is 0 Å². The summed E-state index contributed by atoms with van der Waals surface area (Å²) in [7, 11) is 1.79. The van der Waals surface area contributed by atoms with E-state index in [4.69, 9.17) is 9.73 Å². The smallest absolute Gasteiger partial charge is 0.157 e. The van der Waals surface area contributed by atoms with Crippen molar-refractivity contribution in [1.29, 1.82) is 0 Å². The molecule has 1 N–H and O–H groups in total. The highest BCUT2D eigenvalue weighted by molar-refractivity contribution is 8.14. The molecule has 1 aromatic rings. The standard InChI is InChI=1S/C14H18N2OS/c1-17-12-7-11(8-12)15-14-16-13(9-18-14)10-5-3-2-4-6-10/h2-6,11-13H,7-9H2,1H3,(H,15,16). The van der Waals surface area contributed by atoms with Gasteiger partial charge in [0, 0.05) is 18.9 Å². The van der Waals surface area contributed by atoms with Crippen molar-refractivity contribution in [3.8, 4) is 0 Å². The number of nitrogens with one attached hydrogen (secondary N) is 1. The molecule has 1 aliphatic heterocycles. The van der Waals surface area contributed by atoms with Gasteiger partial charge < -0.3 is 10.1 Å². The molecule has 1 heterocycles. The summed E-state index contributed by atoms with van der Waals surface area (Å²) >= 11 is 1.83. The maximum atomic E-state index is 5.28. The summed E-state index contributed by atoms with van der Waals surface area (Å²) < 4.78 is 5.28. The van der Waals surface area contributed by atoms with E-state index in [1.807, 2.05) is 17.8 Å². The van der Waals surface area contributed by atoms with E-state index < -0.39 is 0 Å². The molecule has 96 valence electrons. The van der Waals surface area contributed by atoms with Crippen LogP contribution in [0.3, 0.4) is 0 Å². The summed E-state index contributed by atoms with van der Waals surface area (Å²) in [4.78, 5) is 4.76. The van der Waals surface area contributed by atoms with Crippen LogP contribution >= 0.6 is 11.8 Å². The largest absolute Gasteiger partial charge is 0.381 e. The van der Waals surface area contributed by atoms with Crippen molar-refractivity contribution >= 4 is 16.9 Å². The van der Waals surface area contributed by atoms with Gasteiger partial charge in [0.1, 0.15) is 0 Å². The Kier molecular flexibility index (Phi) is 3.57. The van der Waals surface area contributed by atoms with E-state index in [2.05, 4.69) is 29.6 Å². The van der Waals surface area contributed by atoms with Crippen molar-refractivity contribution in [2.45, 2.75) is 31.0 Å². The second-order valence-corrected chi connectivity index (χ2v) is 5.85. The molecule has 0 radical (unpaired) electrons. The Balaban J connectivity index is 1.56. The first-order valence-electron chi connectivity index (χ1n) is 6.40. The number of benzene rings is 1. The normalized spacial score (nSPS) is 30.7. The molecule has 0 amide bonds. The minimum absolute atomic E-state index is 0.317. The lowest BCUT2D eigenvalue weighted by Crippen LogP contribution is -2.46. The Labute approximate surface area is 112 Å². The lowest BCUT2D eigenvalue weighted by Gasteiger charge is -2.34. The molecule has 0 saturated heterocycles. The average Bonchev–Trinajstić information content (AvgIpc) is 2.83. The van der Waals surface area contributed by atoms with Crippen LogP contribution in [0.5, 0.6) is 0 Å². The van der Waals surface area contributed by atoms with Crippen LogP contribution in [0.15, 0.2) is 35.3 Å². The van der Waals surface area contributed by atoms with E-state index in [1.54, 1.807) is 7.11 Å². The van der Waals surface area contributed by atoms with Gasteiger partial charge in [0.05, 0.1) is 12.1 Å². The van der Waals surface area contributed by atoms with Crippen LogP contribution in [0.1, 0.15) is 24.4 Å². The predicted octanol–water partition coefficient (Wildman–Crippen LogP) is 2.60. The molecule has 1 aromatic carbocycles. The van der Waals surface area contributed by atoms with Crippen LogP contribution < -0.4 is 5.32 Å². The number of amidine groups is 1. The first kappa shape index (κ1) is 12.1. The second-order valence-electron chi connectivity index (χ2n) is 4.84. The Hall–Kier alpha value is -1.00. The minimum Gasteiger partial charge on any atom is -0.381 e. The number of thioether (sulfide) groups is 1. The molecule has 3 rings (SSSR count). The number of ether oxygens (including phenoxy) is 1. The van der Waals surface area contributed by atoms with Crippen LogP contribution in [0, 0.1) is 0 Å². The van der Waals surface area contributed by atoms with Gasteiger partial charge in [0.25, 0.3) is 0 Å². The monoisotopic (exact) mass is 262 g/mol. The van der Waals surface area contributed by atoms with Crippen LogP contribution in [0.2, 0.25) is 0 Å². The number of nitrogens with zero attached hydrogens (tertiary/aromatic N) is 1. The van der Waals surface area contributed by atoms with E-state index in [9.17, 15) is 0 Å². The Bertz CT molecular complexity index is 429. The zero-order valence-corrected chi connectivity index (χ0v) is 11.3. The van der Waals surface area contributed by atoms with Crippen molar-refractivity contribution < 1.29 is 4.74 Å². The molecule has 1 fully saturated rings. The highest BCUT2D eigenvalue weighted by atomic mass is 32.2. The van der Waals surface area contributed by atoms with Crippen LogP contribution in [-0.4, -0.2) is 30.2 Å². The summed E-state index contributed by atoms with van der Waals surface area (Å²) in [6.45, 7) is 0. The lowest BCUT2D eigenvalue weighted by molar-refractivity contribution is 0.0228. The molecular weight excluding hydrogens is 244 g/mol. The third-order valence-electron chi connectivity index (χ3n) is 3.59. The Morgan fingerprint density at radius 3 is 2.78 bits per heavy atom. The Morgan fingerprint density at radius 1 is 1.28 bits per heavy atom. The highest BCUT2D eigenvalue weighted by Crippen LogP contribution is 2.31. The fraction of sp³-hybridized carbons (Fsp3) is 0.500. The van der Waals surface area contributed by atoms with Gasteiger partial charge in [-0.25, -0.2) is 0 Å². The number of hydrogen-bond acceptors (Lipinski definition) is 4. The number of hydrogen-bond donors (Lipinski definition) is 1. The van der Waals surface area contributed by atoms with Gasteiger partial charge in [-0.1, -0.05) is 42.1 Å². The van der Waals surface area contributed by atoms with Crippen LogP contribution in [-0.2, 0) is 4.74 Å². The van der Waals surface area contributed by atoms with Crippen molar-refractivity contribution in [1.82, 2.24) is 5.32 Å². The number of methoxy groups -OCH3 is 1. The lowest BCUT2D eigenvalue weighted by atomic mass is 9.89.